The molecule has 3 N–H and O–H groups in total. The second-order valence-electron chi connectivity index (χ2n) is 3.32. The van der Waals surface area contributed by atoms with Gasteiger partial charge in [0.1, 0.15) is 0 Å². The van der Waals surface area contributed by atoms with Crippen molar-refractivity contribution in [2.75, 3.05) is 0 Å². The molecule has 0 fully saturated rings. The number of phosphoric acid groups is 1. The summed E-state index contributed by atoms with van der Waals surface area (Å²) in [6.07, 6.45) is -0.564. The van der Waals surface area contributed by atoms with E-state index in [-0.39, 0.29) is 0 Å². The molecule has 0 bridgehead atoms. The Morgan fingerprint density at radius 2 is 1.79 bits per heavy atom. The van der Waals surface area contributed by atoms with Gasteiger partial charge in [-0.2, -0.15) is 0 Å². The van der Waals surface area contributed by atoms with Crippen LogP contribution in [0.5, 0.6) is 0 Å². The second-order valence-corrected chi connectivity index (χ2v) is 4.49. The zero-order chi connectivity index (χ0) is 11.6. The number of hydrogen-bond acceptors (Lipinski definition) is 4. The highest BCUT2D eigenvalue weighted by Crippen LogP contribution is 2.39. The average molecular weight is 226 g/mol. The van der Waals surface area contributed by atoms with Crippen LogP contribution in [0.3, 0.4) is 0 Å². The molecule has 14 heavy (non-hydrogen) atoms. The normalized spacial score (nSPS) is 12.3. The van der Waals surface area contributed by atoms with Gasteiger partial charge in [0.2, 0.25) is 0 Å². The minimum atomic E-state index is -4.90. The van der Waals surface area contributed by atoms with Gasteiger partial charge in [0.15, 0.2) is 0 Å². The molecule has 0 unspecified atom stereocenters. The third-order valence-electron chi connectivity index (χ3n) is 1.35. The minimum absolute atomic E-state index is 0.564. The second kappa shape index (κ2) is 4.08. The fraction of sp³-hybridized carbons (Fsp3) is 0.667. The lowest BCUT2D eigenvalue weighted by atomic mass is 9.90. The Kier molecular flexibility index (Phi) is 3.81. The molecule has 0 rings (SSSR count). The number of carbonyl (C=O) groups is 2. The van der Waals surface area contributed by atoms with Crippen molar-refractivity contribution in [3.8, 4) is 0 Å². The van der Waals surface area contributed by atoms with Gasteiger partial charge >= 0.3 is 19.8 Å². The van der Waals surface area contributed by atoms with Crippen LogP contribution in [0.25, 0.3) is 0 Å². The number of carbonyl (C=O) groups excluding carboxylic acids is 1. The Bertz CT molecular complexity index is 289. The quantitative estimate of drug-likeness (QED) is 0.582. The van der Waals surface area contributed by atoms with Crippen LogP contribution in [0.1, 0.15) is 20.3 Å². The first-order valence-electron chi connectivity index (χ1n) is 3.56. The number of carboxylic acid groups (broad SMARTS) is 1. The topological polar surface area (TPSA) is 121 Å². The van der Waals surface area contributed by atoms with Gasteiger partial charge in [0.05, 0.1) is 11.8 Å². The SMILES string of the molecule is CC(C)(CC(=O)O)C(=O)OP(=O)(O)O. The van der Waals surface area contributed by atoms with Gasteiger partial charge in [-0.05, 0) is 13.8 Å². The number of aliphatic carboxylic acids is 1. The van der Waals surface area contributed by atoms with E-state index in [4.69, 9.17) is 14.9 Å². The smallest absolute Gasteiger partial charge is 0.481 e. The highest BCUT2D eigenvalue weighted by molar-refractivity contribution is 7.46. The van der Waals surface area contributed by atoms with Gasteiger partial charge in [0.25, 0.3) is 0 Å². The first-order chi connectivity index (χ1) is 6.04. The van der Waals surface area contributed by atoms with E-state index in [1.807, 2.05) is 0 Å². The maximum absolute atomic E-state index is 11.0. The standard InChI is InChI=1S/C6H11O7P/c1-6(2,3-4(7)8)5(9)13-14(10,11)12/h3H2,1-2H3,(H,7,8)(H2,10,11,12). The molecule has 0 saturated carbocycles. The van der Waals surface area contributed by atoms with Gasteiger partial charge in [-0.3, -0.25) is 19.4 Å². The van der Waals surface area contributed by atoms with E-state index < -0.39 is 31.6 Å². The molecule has 0 atom stereocenters. The fourth-order valence-electron chi connectivity index (χ4n) is 0.682. The van der Waals surface area contributed by atoms with Crippen molar-refractivity contribution >= 4 is 19.8 Å². The van der Waals surface area contributed by atoms with Gasteiger partial charge < -0.3 is 9.63 Å². The van der Waals surface area contributed by atoms with E-state index in [2.05, 4.69) is 4.52 Å². The molecule has 0 saturated heterocycles. The van der Waals surface area contributed by atoms with Crippen LogP contribution >= 0.6 is 7.82 Å². The fourth-order valence-corrected chi connectivity index (χ4v) is 1.14. The number of hydrogen-bond donors (Lipinski definition) is 3. The first-order valence-corrected chi connectivity index (χ1v) is 5.09. The van der Waals surface area contributed by atoms with E-state index in [0.29, 0.717) is 0 Å². The summed E-state index contributed by atoms with van der Waals surface area (Å²) < 4.78 is 14.0. The third-order valence-corrected chi connectivity index (χ3v) is 1.75. The van der Waals surface area contributed by atoms with Crippen molar-refractivity contribution in [2.45, 2.75) is 20.3 Å². The Labute approximate surface area is 79.9 Å². The van der Waals surface area contributed by atoms with Gasteiger partial charge in [-0.1, -0.05) is 0 Å². The van der Waals surface area contributed by atoms with Crippen LogP contribution < -0.4 is 0 Å². The monoisotopic (exact) mass is 226 g/mol. The zero-order valence-electron chi connectivity index (χ0n) is 7.63. The molecule has 0 aliphatic heterocycles. The molecule has 0 aromatic carbocycles. The largest absolute Gasteiger partial charge is 0.527 e. The molecule has 0 radical (unpaired) electrons. The summed E-state index contributed by atoms with van der Waals surface area (Å²) in [5, 5.41) is 8.39. The van der Waals surface area contributed by atoms with E-state index >= 15 is 0 Å². The lowest BCUT2D eigenvalue weighted by Crippen LogP contribution is -2.28. The zero-order valence-corrected chi connectivity index (χ0v) is 8.52. The number of phosphoric ester groups is 1. The van der Waals surface area contributed by atoms with E-state index in [1.54, 1.807) is 0 Å². The number of rotatable bonds is 4. The molecule has 82 valence electrons. The average Bonchev–Trinajstić information content (AvgIpc) is 1.79. The molecular weight excluding hydrogens is 215 g/mol. The molecule has 0 spiro atoms. The summed E-state index contributed by atoms with van der Waals surface area (Å²) >= 11 is 0. The predicted molar refractivity (Wildman–Crippen MR) is 44.2 cm³/mol. The summed E-state index contributed by atoms with van der Waals surface area (Å²) in [5.74, 6) is -2.49. The van der Waals surface area contributed by atoms with Crippen LogP contribution in [0, 0.1) is 5.41 Å². The molecule has 0 amide bonds. The van der Waals surface area contributed by atoms with Gasteiger partial charge in [-0.15, -0.1) is 0 Å². The van der Waals surface area contributed by atoms with Crippen molar-refractivity contribution < 1.29 is 33.6 Å². The van der Waals surface area contributed by atoms with Crippen LogP contribution in [0.2, 0.25) is 0 Å². The Hall–Kier alpha value is -0.910. The summed E-state index contributed by atoms with van der Waals surface area (Å²) in [6.45, 7) is 2.44. The maximum Gasteiger partial charge on any atom is 0.527 e. The van der Waals surface area contributed by atoms with Crippen molar-refractivity contribution in [3.05, 3.63) is 0 Å². The Morgan fingerprint density at radius 1 is 1.36 bits per heavy atom. The molecule has 0 aromatic rings. The third kappa shape index (κ3) is 4.96. The summed E-state index contributed by atoms with van der Waals surface area (Å²) in [6, 6.07) is 0. The maximum atomic E-state index is 11.0. The molecular formula is C6H11O7P. The summed E-state index contributed by atoms with van der Waals surface area (Å²) in [4.78, 5) is 37.9. The highest BCUT2D eigenvalue weighted by atomic mass is 31.2. The summed E-state index contributed by atoms with van der Waals surface area (Å²) in [7, 11) is -4.90. The number of carboxylic acids is 1. The summed E-state index contributed by atoms with van der Waals surface area (Å²) in [5.41, 5.74) is -1.47. The first kappa shape index (κ1) is 13.1. The molecule has 8 heteroatoms. The van der Waals surface area contributed by atoms with Crippen molar-refractivity contribution in [2.24, 2.45) is 5.41 Å². The molecule has 0 aliphatic rings. The Morgan fingerprint density at radius 3 is 2.07 bits per heavy atom. The van der Waals surface area contributed by atoms with E-state index in [0.717, 1.165) is 0 Å². The molecule has 0 heterocycles. The van der Waals surface area contributed by atoms with Gasteiger partial charge in [-0.25, -0.2) is 4.57 Å². The van der Waals surface area contributed by atoms with Crippen molar-refractivity contribution in [1.29, 1.82) is 0 Å². The lowest BCUT2D eigenvalue weighted by Gasteiger charge is -2.19. The van der Waals surface area contributed by atoms with Crippen LogP contribution in [0.4, 0.5) is 0 Å². The predicted octanol–water partition coefficient (Wildman–Crippen LogP) is 0.123. The van der Waals surface area contributed by atoms with E-state index in [1.165, 1.54) is 13.8 Å². The highest BCUT2D eigenvalue weighted by Gasteiger charge is 2.36. The van der Waals surface area contributed by atoms with Crippen LogP contribution in [0.15, 0.2) is 0 Å². The van der Waals surface area contributed by atoms with Crippen LogP contribution in [-0.4, -0.2) is 26.8 Å². The van der Waals surface area contributed by atoms with Crippen molar-refractivity contribution in [3.63, 3.8) is 0 Å². The minimum Gasteiger partial charge on any atom is -0.481 e. The van der Waals surface area contributed by atoms with E-state index in [9.17, 15) is 14.2 Å². The molecule has 0 aromatic heterocycles. The Balaban J connectivity index is 4.52. The lowest BCUT2D eigenvalue weighted by molar-refractivity contribution is -0.152. The molecule has 0 aliphatic carbocycles. The van der Waals surface area contributed by atoms with Crippen LogP contribution in [-0.2, 0) is 18.7 Å². The van der Waals surface area contributed by atoms with Crippen molar-refractivity contribution in [1.82, 2.24) is 0 Å². The molecule has 7 nitrogen and oxygen atoms in total. The van der Waals surface area contributed by atoms with Gasteiger partial charge in [0, 0.05) is 0 Å².